The molecule has 26 heavy (non-hydrogen) atoms. The van der Waals surface area contributed by atoms with Crippen molar-refractivity contribution in [2.24, 2.45) is 34.5 Å². The Balaban J connectivity index is 1.98. The van der Waals surface area contributed by atoms with Crippen molar-refractivity contribution in [2.75, 3.05) is 13.2 Å². The summed E-state index contributed by atoms with van der Waals surface area (Å²) in [7, 11) is 0. The first-order chi connectivity index (χ1) is 12.2. The number of fused-ring (bicyclic) bond motifs is 3. The molecule has 1 saturated heterocycles. The maximum absolute atomic E-state index is 12.4. The lowest BCUT2D eigenvalue weighted by Crippen LogP contribution is -2.61. The van der Waals surface area contributed by atoms with Gasteiger partial charge in [-0.15, -0.1) is 0 Å². The van der Waals surface area contributed by atoms with E-state index in [0.717, 1.165) is 12.8 Å². The molecule has 0 amide bonds. The number of hydrogen-bond donors (Lipinski definition) is 1. The van der Waals surface area contributed by atoms with Gasteiger partial charge in [-0.1, -0.05) is 46.8 Å². The Morgan fingerprint density at radius 2 is 2.08 bits per heavy atom. The van der Waals surface area contributed by atoms with E-state index in [2.05, 4.69) is 46.8 Å². The standard InChI is InChI=1S/C22H36O4/c1-14(2)19-15-12-17(25-11-7-10-23)20-21(3,4)8-6-9-22(20,5)16(15)13-18(24)26-19/h6,9,14-17,19-20,23H,7-8,10-13H2,1-5H3/t15-,16+,17-,19-,20+,22-/m1/s1. The van der Waals surface area contributed by atoms with Crippen molar-refractivity contribution in [1.82, 2.24) is 0 Å². The van der Waals surface area contributed by atoms with Gasteiger partial charge < -0.3 is 14.6 Å². The molecule has 0 aromatic rings. The average Bonchev–Trinajstić information content (AvgIpc) is 2.54. The highest BCUT2D eigenvalue weighted by molar-refractivity contribution is 5.71. The maximum atomic E-state index is 12.4. The molecule has 4 heteroatoms. The molecule has 1 aliphatic heterocycles. The van der Waals surface area contributed by atoms with Crippen LogP contribution in [0.25, 0.3) is 0 Å². The fourth-order valence-corrected chi connectivity index (χ4v) is 6.27. The van der Waals surface area contributed by atoms with E-state index < -0.39 is 0 Å². The highest BCUT2D eigenvalue weighted by Crippen LogP contribution is 2.62. The number of rotatable bonds is 5. The molecule has 4 nitrogen and oxygen atoms in total. The number of aliphatic hydroxyl groups is 1. The molecular weight excluding hydrogens is 328 g/mol. The van der Waals surface area contributed by atoms with Crippen molar-refractivity contribution in [3.05, 3.63) is 12.2 Å². The molecule has 0 bridgehead atoms. The van der Waals surface area contributed by atoms with Gasteiger partial charge in [-0.2, -0.15) is 0 Å². The Labute approximate surface area is 158 Å². The molecule has 2 fully saturated rings. The van der Waals surface area contributed by atoms with Gasteiger partial charge in [0.15, 0.2) is 0 Å². The van der Waals surface area contributed by atoms with Gasteiger partial charge in [-0.3, -0.25) is 4.79 Å². The second-order valence-corrected chi connectivity index (χ2v) is 9.83. The molecule has 0 aromatic heterocycles. The summed E-state index contributed by atoms with van der Waals surface area (Å²) < 4.78 is 12.2. The van der Waals surface area contributed by atoms with Crippen LogP contribution in [-0.4, -0.2) is 36.5 Å². The topological polar surface area (TPSA) is 55.8 Å². The third kappa shape index (κ3) is 3.35. The largest absolute Gasteiger partial charge is 0.462 e. The first-order valence-electron chi connectivity index (χ1n) is 10.3. The summed E-state index contributed by atoms with van der Waals surface area (Å²) in [4.78, 5) is 12.4. The van der Waals surface area contributed by atoms with Crippen molar-refractivity contribution in [1.29, 1.82) is 0 Å². The number of carbonyl (C=O) groups excluding carboxylic acids is 1. The fraction of sp³-hybridized carbons (Fsp3) is 0.864. The normalized spacial score (nSPS) is 41.5. The Hall–Kier alpha value is -0.870. The molecule has 1 saturated carbocycles. The van der Waals surface area contributed by atoms with E-state index in [1.807, 2.05) is 0 Å². The van der Waals surface area contributed by atoms with Crippen LogP contribution >= 0.6 is 0 Å². The summed E-state index contributed by atoms with van der Waals surface area (Å²) in [6.45, 7) is 12.1. The van der Waals surface area contributed by atoms with Gasteiger partial charge in [0.2, 0.25) is 0 Å². The molecule has 0 aromatic carbocycles. The molecule has 3 rings (SSSR count). The van der Waals surface area contributed by atoms with Gasteiger partial charge in [0.25, 0.3) is 0 Å². The van der Waals surface area contributed by atoms with Crippen LogP contribution in [-0.2, 0) is 14.3 Å². The minimum Gasteiger partial charge on any atom is -0.462 e. The molecular formula is C22H36O4. The molecule has 0 spiro atoms. The number of ether oxygens (including phenoxy) is 2. The predicted octanol–water partition coefficient (Wildman–Crippen LogP) is 3.97. The third-order valence-corrected chi connectivity index (χ3v) is 7.19. The maximum Gasteiger partial charge on any atom is 0.306 e. The minimum atomic E-state index is -0.0544. The zero-order chi connectivity index (χ0) is 19.1. The monoisotopic (exact) mass is 364 g/mol. The summed E-state index contributed by atoms with van der Waals surface area (Å²) in [6.07, 6.45) is 7.99. The lowest BCUT2D eigenvalue weighted by Gasteiger charge is -2.61. The molecule has 0 unspecified atom stereocenters. The number of allylic oxidation sites excluding steroid dienone is 2. The van der Waals surface area contributed by atoms with E-state index in [1.54, 1.807) is 0 Å². The van der Waals surface area contributed by atoms with Crippen LogP contribution in [0.1, 0.15) is 60.3 Å². The summed E-state index contributed by atoms with van der Waals surface area (Å²) in [5, 5.41) is 9.16. The zero-order valence-electron chi connectivity index (χ0n) is 17.0. The van der Waals surface area contributed by atoms with E-state index in [-0.39, 0.29) is 35.6 Å². The first kappa shape index (κ1) is 19.9. The number of cyclic esters (lactones) is 1. The first-order valence-corrected chi connectivity index (χ1v) is 10.3. The number of hydrogen-bond acceptors (Lipinski definition) is 4. The van der Waals surface area contributed by atoms with Crippen LogP contribution in [0.2, 0.25) is 0 Å². The lowest BCUT2D eigenvalue weighted by atomic mass is 9.46. The van der Waals surface area contributed by atoms with Crippen LogP contribution in [0.15, 0.2) is 12.2 Å². The number of esters is 1. The Bertz CT molecular complexity index is 552. The summed E-state index contributed by atoms with van der Waals surface area (Å²) in [6, 6.07) is 0. The predicted molar refractivity (Wildman–Crippen MR) is 102 cm³/mol. The molecule has 1 N–H and O–H groups in total. The van der Waals surface area contributed by atoms with Gasteiger partial charge in [-0.05, 0) is 47.8 Å². The van der Waals surface area contributed by atoms with Crippen LogP contribution < -0.4 is 0 Å². The van der Waals surface area contributed by atoms with E-state index in [1.165, 1.54) is 0 Å². The number of aliphatic hydroxyl groups excluding tert-OH is 1. The Morgan fingerprint density at radius 1 is 1.35 bits per heavy atom. The van der Waals surface area contributed by atoms with E-state index in [9.17, 15) is 4.79 Å². The van der Waals surface area contributed by atoms with Crippen molar-refractivity contribution < 1.29 is 19.4 Å². The van der Waals surface area contributed by atoms with Gasteiger partial charge >= 0.3 is 5.97 Å². The highest BCUT2D eigenvalue weighted by atomic mass is 16.5. The molecule has 2 aliphatic carbocycles. The van der Waals surface area contributed by atoms with Gasteiger partial charge in [0, 0.05) is 25.6 Å². The summed E-state index contributed by atoms with van der Waals surface area (Å²) in [5.74, 6) is 1.30. The van der Waals surface area contributed by atoms with Crippen molar-refractivity contribution in [2.45, 2.75) is 72.5 Å². The highest BCUT2D eigenvalue weighted by Gasteiger charge is 2.60. The Kier molecular flexibility index (Phi) is 5.56. The molecule has 6 atom stereocenters. The van der Waals surface area contributed by atoms with Crippen molar-refractivity contribution in [3.8, 4) is 0 Å². The fourth-order valence-electron chi connectivity index (χ4n) is 6.27. The average molecular weight is 365 g/mol. The van der Waals surface area contributed by atoms with E-state index in [4.69, 9.17) is 14.6 Å². The summed E-state index contributed by atoms with van der Waals surface area (Å²) in [5.41, 5.74) is 0.0775. The molecule has 148 valence electrons. The smallest absolute Gasteiger partial charge is 0.306 e. The van der Waals surface area contributed by atoms with Crippen LogP contribution in [0.5, 0.6) is 0 Å². The SMILES string of the molecule is CC(C)[C@H]1OC(=O)C[C@H]2[C@H]1C[C@@H](OCCCO)[C@H]1C(C)(C)CC=C[C@]21C. The summed E-state index contributed by atoms with van der Waals surface area (Å²) >= 11 is 0. The van der Waals surface area contributed by atoms with Gasteiger partial charge in [-0.25, -0.2) is 0 Å². The lowest BCUT2D eigenvalue weighted by molar-refractivity contribution is -0.205. The van der Waals surface area contributed by atoms with E-state index in [0.29, 0.717) is 43.1 Å². The van der Waals surface area contributed by atoms with Crippen LogP contribution in [0.3, 0.4) is 0 Å². The van der Waals surface area contributed by atoms with Gasteiger partial charge in [0.05, 0.1) is 6.10 Å². The third-order valence-electron chi connectivity index (χ3n) is 7.19. The molecule has 3 aliphatic rings. The minimum absolute atomic E-state index is 0.0265. The van der Waals surface area contributed by atoms with E-state index >= 15 is 0 Å². The van der Waals surface area contributed by atoms with Gasteiger partial charge in [0.1, 0.15) is 6.10 Å². The number of carbonyl (C=O) groups is 1. The van der Waals surface area contributed by atoms with Crippen LogP contribution in [0.4, 0.5) is 0 Å². The van der Waals surface area contributed by atoms with Crippen LogP contribution in [0, 0.1) is 34.5 Å². The second-order valence-electron chi connectivity index (χ2n) is 9.83. The Morgan fingerprint density at radius 3 is 2.73 bits per heavy atom. The quantitative estimate of drug-likeness (QED) is 0.456. The van der Waals surface area contributed by atoms with Crippen molar-refractivity contribution >= 4 is 5.97 Å². The second kappa shape index (κ2) is 7.27. The molecule has 1 heterocycles. The van der Waals surface area contributed by atoms with Crippen molar-refractivity contribution in [3.63, 3.8) is 0 Å². The molecule has 0 radical (unpaired) electrons. The zero-order valence-corrected chi connectivity index (χ0v) is 17.0.